The van der Waals surface area contributed by atoms with E-state index in [1.54, 1.807) is 6.20 Å². The number of carbonyl (C=O) groups excluding carboxylic acids is 1. The Morgan fingerprint density at radius 1 is 1.38 bits per heavy atom. The van der Waals surface area contributed by atoms with Crippen molar-refractivity contribution in [2.24, 2.45) is 0 Å². The molecule has 2 heterocycles. The van der Waals surface area contributed by atoms with Gasteiger partial charge in [0.15, 0.2) is 0 Å². The third-order valence-electron chi connectivity index (χ3n) is 4.23. The minimum absolute atomic E-state index is 0. The zero-order valence-corrected chi connectivity index (χ0v) is 15.4. The first kappa shape index (κ1) is 20.9. The molecule has 1 N–H and O–H groups in total. The van der Waals surface area contributed by atoms with Crippen molar-refractivity contribution in [3.05, 3.63) is 30.1 Å². The van der Waals surface area contributed by atoms with Crippen LogP contribution in [0.1, 0.15) is 44.7 Å². The number of nitrogens with one attached hydrogen (secondary N) is 1. The summed E-state index contributed by atoms with van der Waals surface area (Å²) in [5.41, 5.74) is 0.937. The first-order chi connectivity index (χ1) is 11.3. The predicted octanol–water partition coefficient (Wildman–Crippen LogP) is 2.79. The summed E-state index contributed by atoms with van der Waals surface area (Å²) >= 11 is 0. The van der Waals surface area contributed by atoms with Crippen LogP contribution in [0.3, 0.4) is 0 Å². The molecule has 24 heavy (non-hydrogen) atoms. The second kappa shape index (κ2) is 12.2. The Balaban J connectivity index is 0.00000288. The number of amides is 1. The number of hydrogen-bond donors (Lipinski definition) is 1. The lowest BCUT2D eigenvalue weighted by Gasteiger charge is -2.31. The van der Waals surface area contributed by atoms with Crippen molar-refractivity contribution in [1.29, 1.82) is 0 Å². The summed E-state index contributed by atoms with van der Waals surface area (Å²) in [6.45, 7) is 5.53. The Bertz CT molecular complexity index is 451. The number of halogens is 1. The van der Waals surface area contributed by atoms with Crippen LogP contribution in [0.25, 0.3) is 0 Å². The monoisotopic (exact) mass is 355 g/mol. The Morgan fingerprint density at radius 3 is 3.00 bits per heavy atom. The zero-order valence-electron chi connectivity index (χ0n) is 14.6. The molecule has 1 atom stereocenters. The molecule has 0 aromatic carbocycles. The topological polar surface area (TPSA) is 54.5 Å². The first-order valence-corrected chi connectivity index (χ1v) is 8.79. The lowest BCUT2D eigenvalue weighted by molar-refractivity contribution is -0.139. The van der Waals surface area contributed by atoms with Crippen molar-refractivity contribution in [2.45, 2.75) is 51.6 Å². The van der Waals surface area contributed by atoms with E-state index >= 15 is 0 Å². The fraction of sp³-hybridized carbons (Fsp3) is 0.667. The molecule has 136 valence electrons. The van der Waals surface area contributed by atoms with Gasteiger partial charge >= 0.3 is 0 Å². The average Bonchev–Trinajstić information content (AvgIpc) is 2.86. The minimum Gasteiger partial charge on any atom is -0.372 e. The van der Waals surface area contributed by atoms with Crippen molar-refractivity contribution in [3.8, 4) is 0 Å². The molecule has 1 saturated heterocycles. The number of ether oxygens (including phenoxy) is 1. The molecule has 5 nitrogen and oxygen atoms in total. The largest absolute Gasteiger partial charge is 0.372 e. The maximum Gasteiger partial charge on any atom is 0.249 e. The Hall–Kier alpha value is -1.17. The Morgan fingerprint density at radius 2 is 2.25 bits per heavy atom. The molecular weight excluding hydrogens is 326 g/mol. The van der Waals surface area contributed by atoms with Gasteiger partial charge in [-0.05, 0) is 50.9 Å². The van der Waals surface area contributed by atoms with Gasteiger partial charge in [-0.15, -0.1) is 12.4 Å². The molecule has 0 radical (unpaired) electrons. The van der Waals surface area contributed by atoms with E-state index in [0.29, 0.717) is 13.2 Å². The second-order valence-corrected chi connectivity index (χ2v) is 6.08. The number of pyridine rings is 1. The highest BCUT2D eigenvalue weighted by Crippen LogP contribution is 2.16. The molecule has 0 saturated carbocycles. The lowest BCUT2D eigenvalue weighted by atomic mass is 10.1. The van der Waals surface area contributed by atoms with E-state index in [-0.39, 0.29) is 31.0 Å². The Labute approximate surface area is 151 Å². The summed E-state index contributed by atoms with van der Waals surface area (Å²) < 4.78 is 5.55. The second-order valence-electron chi connectivity index (χ2n) is 6.08. The van der Waals surface area contributed by atoms with Gasteiger partial charge in [0.05, 0.1) is 12.2 Å². The van der Waals surface area contributed by atoms with Crippen LogP contribution in [-0.2, 0) is 16.1 Å². The van der Waals surface area contributed by atoms with E-state index in [2.05, 4.69) is 17.2 Å². The summed E-state index contributed by atoms with van der Waals surface area (Å²) in [4.78, 5) is 19.0. The van der Waals surface area contributed by atoms with Crippen molar-refractivity contribution >= 4 is 18.3 Å². The molecule has 1 fully saturated rings. The molecule has 1 aromatic rings. The van der Waals surface area contributed by atoms with Gasteiger partial charge in [-0.1, -0.05) is 19.4 Å². The summed E-state index contributed by atoms with van der Waals surface area (Å²) in [5, 5.41) is 3.41. The van der Waals surface area contributed by atoms with Crippen molar-refractivity contribution in [3.63, 3.8) is 0 Å². The van der Waals surface area contributed by atoms with Crippen LogP contribution < -0.4 is 5.32 Å². The van der Waals surface area contributed by atoms with E-state index in [4.69, 9.17) is 4.74 Å². The molecule has 1 amide bonds. The number of hydrogen-bond acceptors (Lipinski definition) is 4. The van der Waals surface area contributed by atoms with Gasteiger partial charge in [-0.2, -0.15) is 0 Å². The molecular formula is C18H30ClN3O2. The number of carbonyl (C=O) groups is 1. The smallest absolute Gasteiger partial charge is 0.249 e. The van der Waals surface area contributed by atoms with Crippen LogP contribution in [0.15, 0.2) is 24.4 Å². The molecule has 1 aliphatic heterocycles. The number of nitrogens with zero attached hydrogens (tertiary/aromatic N) is 2. The third-order valence-corrected chi connectivity index (χ3v) is 4.23. The maximum atomic E-state index is 12.7. The highest BCUT2D eigenvalue weighted by atomic mass is 35.5. The van der Waals surface area contributed by atoms with Crippen molar-refractivity contribution in [1.82, 2.24) is 15.2 Å². The molecule has 0 spiro atoms. The average molecular weight is 356 g/mol. The molecule has 1 unspecified atom stereocenters. The number of rotatable bonds is 8. The van der Waals surface area contributed by atoms with Gasteiger partial charge < -0.3 is 15.0 Å². The van der Waals surface area contributed by atoms with Crippen molar-refractivity contribution < 1.29 is 9.53 Å². The standard InChI is InChI=1S/C18H29N3O2.ClH/c1-2-3-13-23-15-18(22)21(14-16-7-4-5-11-20-16)17-8-6-10-19-12-9-17;/h4-5,7,11,17,19H,2-3,6,8-10,12-15H2,1H3;1H. The highest BCUT2D eigenvalue weighted by molar-refractivity contribution is 5.85. The molecule has 1 aliphatic rings. The van der Waals surface area contributed by atoms with E-state index < -0.39 is 0 Å². The van der Waals surface area contributed by atoms with E-state index in [9.17, 15) is 4.79 Å². The van der Waals surface area contributed by atoms with Gasteiger partial charge in [0.25, 0.3) is 0 Å². The van der Waals surface area contributed by atoms with Gasteiger partial charge in [-0.25, -0.2) is 0 Å². The highest BCUT2D eigenvalue weighted by Gasteiger charge is 2.25. The van der Waals surface area contributed by atoms with Crippen LogP contribution >= 0.6 is 12.4 Å². The lowest BCUT2D eigenvalue weighted by Crippen LogP contribution is -2.42. The maximum absolute atomic E-state index is 12.7. The fourth-order valence-electron chi connectivity index (χ4n) is 2.89. The summed E-state index contributed by atoms with van der Waals surface area (Å²) in [6, 6.07) is 6.12. The number of aromatic nitrogens is 1. The zero-order chi connectivity index (χ0) is 16.3. The van der Waals surface area contributed by atoms with E-state index in [1.807, 2.05) is 23.1 Å². The molecule has 2 rings (SSSR count). The summed E-state index contributed by atoms with van der Waals surface area (Å²) in [7, 11) is 0. The van der Waals surface area contributed by atoms with Gasteiger partial charge in [0, 0.05) is 18.8 Å². The summed E-state index contributed by atoms with van der Waals surface area (Å²) in [6.07, 6.45) is 7.01. The molecule has 1 aromatic heterocycles. The van der Waals surface area contributed by atoms with Crippen molar-refractivity contribution in [2.75, 3.05) is 26.3 Å². The fourth-order valence-corrected chi connectivity index (χ4v) is 2.89. The number of unbranched alkanes of at least 4 members (excludes halogenated alkanes) is 1. The van der Waals surface area contributed by atoms with Crippen LogP contribution in [0.4, 0.5) is 0 Å². The Kier molecular flexibility index (Phi) is 10.6. The van der Waals surface area contributed by atoms with Gasteiger partial charge in [0.1, 0.15) is 6.61 Å². The molecule has 0 bridgehead atoms. The van der Waals surface area contributed by atoms with Crippen LogP contribution in [0.5, 0.6) is 0 Å². The quantitative estimate of drug-likeness (QED) is 0.728. The normalized spacial score (nSPS) is 17.6. The van der Waals surface area contributed by atoms with E-state index in [1.165, 1.54) is 0 Å². The van der Waals surface area contributed by atoms with Crippen LogP contribution in [0, 0.1) is 0 Å². The SMILES string of the molecule is CCCCOCC(=O)N(Cc1ccccn1)C1CCCNCC1.Cl. The van der Waals surface area contributed by atoms with E-state index in [0.717, 1.165) is 50.9 Å². The summed E-state index contributed by atoms with van der Waals surface area (Å²) in [5.74, 6) is 0.0821. The first-order valence-electron chi connectivity index (χ1n) is 8.79. The van der Waals surface area contributed by atoms with Gasteiger partial charge in [-0.3, -0.25) is 9.78 Å². The van der Waals surface area contributed by atoms with Crippen LogP contribution in [0.2, 0.25) is 0 Å². The third kappa shape index (κ3) is 7.16. The molecule has 6 heteroatoms. The predicted molar refractivity (Wildman–Crippen MR) is 98.3 cm³/mol. The minimum atomic E-state index is 0. The van der Waals surface area contributed by atoms with Crippen LogP contribution in [-0.4, -0.2) is 48.1 Å². The molecule has 0 aliphatic carbocycles. The van der Waals surface area contributed by atoms with Gasteiger partial charge in [0.2, 0.25) is 5.91 Å².